The lowest BCUT2D eigenvalue weighted by Crippen LogP contribution is -2.46. The Morgan fingerprint density at radius 1 is 1.28 bits per heavy atom. The van der Waals surface area contributed by atoms with Gasteiger partial charge < -0.3 is 10.8 Å². The van der Waals surface area contributed by atoms with Gasteiger partial charge in [-0.15, -0.1) is 0 Å². The monoisotopic (exact) mass is 250 g/mol. The van der Waals surface area contributed by atoms with E-state index in [0.717, 1.165) is 11.1 Å². The number of rotatable bonds is 4. The highest BCUT2D eigenvalue weighted by molar-refractivity contribution is 6.00. The number of aryl methyl sites for hydroxylation is 1. The van der Waals surface area contributed by atoms with E-state index in [0.29, 0.717) is 0 Å². The highest BCUT2D eigenvalue weighted by atomic mass is 16.3. The van der Waals surface area contributed by atoms with Gasteiger partial charge in [-0.2, -0.15) is 0 Å². The van der Waals surface area contributed by atoms with Crippen LogP contribution >= 0.6 is 0 Å². The van der Waals surface area contributed by atoms with Crippen LogP contribution in [-0.4, -0.2) is 29.6 Å². The van der Waals surface area contributed by atoms with E-state index in [9.17, 15) is 9.59 Å². The van der Waals surface area contributed by atoms with Crippen LogP contribution in [-0.2, 0) is 9.59 Å². The number of amides is 2. The first-order valence-electron chi connectivity index (χ1n) is 5.73. The normalized spacial score (nSPS) is 13.8. The second-order valence-corrected chi connectivity index (χ2v) is 4.27. The fourth-order valence-electron chi connectivity index (χ4n) is 1.41. The zero-order chi connectivity index (χ0) is 13.7. The van der Waals surface area contributed by atoms with Crippen molar-refractivity contribution in [1.82, 2.24) is 5.32 Å². The Kier molecular flexibility index (Phi) is 5.00. The summed E-state index contributed by atoms with van der Waals surface area (Å²) in [5.74, 6) is -1.53. The van der Waals surface area contributed by atoms with Gasteiger partial charge in [0.15, 0.2) is 0 Å². The lowest BCUT2D eigenvalue weighted by Gasteiger charge is -2.13. The molecule has 0 fully saturated rings. The molecule has 0 aliphatic rings. The topological polar surface area (TPSA) is 92.4 Å². The van der Waals surface area contributed by atoms with Gasteiger partial charge in [0, 0.05) is 0 Å². The first-order valence-corrected chi connectivity index (χ1v) is 5.73. The predicted octanol–water partition coefficient (Wildman–Crippen LogP) is 0.0609. The average molecular weight is 250 g/mol. The number of nitrogens with one attached hydrogen (secondary N) is 1. The van der Waals surface area contributed by atoms with Gasteiger partial charge in [0.05, 0.1) is 12.5 Å². The number of benzene rings is 1. The van der Waals surface area contributed by atoms with Crippen molar-refractivity contribution in [3.63, 3.8) is 0 Å². The molecule has 1 aromatic rings. The quantitative estimate of drug-likeness (QED) is 0.704. The molecule has 0 heterocycles. The molecule has 0 spiro atoms. The molecule has 1 rings (SSSR count). The van der Waals surface area contributed by atoms with Gasteiger partial charge in [-0.05, 0) is 19.4 Å². The molecule has 5 nitrogen and oxygen atoms in total. The Morgan fingerprint density at radius 3 is 2.33 bits per heavy atom. The molecular formula is C13H18N2O3. The van der Waals surface area contributed by atoms with Gasteiger partial charge in [-0.3, -0.25) is 14.9 Å². The van der Waals surface area contributed by atoms with Crippen molar-refractivity contribution < 1.29 is 14.7 Å². The molecule has 0 aliphatic heterocycles. The molecule has 0 aliphatic carbocycles. The molecule has 0 radical (unpaired) electrons. The maximum Gasteiger partial charge on any atom is 0.245 e. The number of nitrogens with two attached hydrogens (primary N) is 1. The third-order valence-electron chi connectivity index (χ3n) is 2.75. The molecule has 2 amide bonds. The number of carbonyl (C=O) groups is 2. The standard InChI is InChI=1S/C13H18N2O3/c1-8-3-5-10(6-4-8)9(2)12(17)15-13(18)11(14)7-16/h3-6,9,11,16H,7,14H2,1-2H3,(H,15,17,18)/t9?,11-/m0/s1. The summed E-state index contributed by atoms with van der Waals surface area (Å²) in [7, 11) is 0. The number of aliphatic hydroxyl groups is 1. The molecule has 18 heavy (non-hydrogen) atoms. The largest absolute Gasteiger partial charge is 0.394 e. The van der Waals surface area contributed by atoms with Gasteiger partial charge in [-0.25, -0.2) is 0 Å². The maximum absolute atomic E-state index is 11.8. The fraction of sp³-hybridized carbons (Fsp3) is 0.385. The molecule has 1 aromatic carbocycles. The van der Waals surface area contributed by atoms with E-state index >= 15 is 0 Å². The SMILES string of the molecule is Cc1ccc(C(C)C(=O)NC(=O)[C@@H](N)CO)cc1. The van der Waals surface area contributed by atoms with Crippen molar-refractivity contribution in [1.29, 1.82) is 0 Å². The van der Waals surface area contributed by atoms with Gasteiger partial charge in [0.2, 0.25) is 11.8 Å². The smallest absolute Gasteiger partial charge is 0.245 e. The summed E-state index contributed by atoms with van der Waals surface area (Å²) in [6, 6.07) is 6.42. The van der Waals surface area contributed by atoms with E-state index in [2.05, 4.69) is 5.32 Å². The minimum Gasteiger partial charge on any atom is -0.394 e. The summed E-state index contributed by atoms with van der Waals surface area (Å²) in [5, 5.41) is 10.9. The third kappa shape index (κ3) is 3.65. The number of imide groups is 1. The first kappa shape index (κ1) is 14.3. The van der Waals surface area contributed by atoms with Crippen molar-refractivity contribution in [3.05, 3.63) is 35.4 Å². The van der Waals surface area contributed by atoms with Crippen LogP contribution in [0.2, 0.25) is 0 Å². The van der Waals surface area contributed by atoms with Crippen molar-refractivity contribution in [3.8, 4) is 0 Å². The van der Waals surface area contributed by atoms with E-state index < -0.39 is 30.4 Å². The molecule has 0 saturated carbocycles. The van der Waals surface area contributed by atoms with E-state index in [1.54, 1.807) is 6.92 Å². The van der Waals surface area contributed by atoms with E-state index in [4.69, 9.17) is 10.8 Å². The second-order valence-electron chi connectivity index (χ2n) is 4.27. The second kappa shape index (κ2) is 6.28. The lowest BCUT2D eigenvalue weighted by atomic mass is 9.99. The molecule has 98 valence electrons. The number of carbonyl (C=O) groups excluding carboxylic acids is 2. The van der Waals surface area contributed by atoms with Crippen molar-refractivity contribution in [2.24, 2.45) is 5.73 Å². The first-order chi connectivity index (χ1) is 8.45. The Labute approximate surface area is 106 Å². The number of hydrogen-bond donors (Lipinski definition) is 3. The Balaban J connectivity index is 2.67. The van der Waals surface area contributed by atoms with Crippen LogP contribution in [0, 0.1) is 6.92 Å². The molecule has 2 atom stereocenters. The van der Waals surface area contributed by atoms with E-state index in [1.165, 1.54) is 0 Å². The van der Waals surface area contributed by atoms with Crippen molar-refractivity contribution in [2.75, 3.05) is 6.61 Å². The van der Waals surface area contributed by atoms with Gasteiger partial charge in [0.1, 0.15) is 6.04 Å². The highest BCUT2D eigenvalue weighted by Gasteiger charge is 2.20. The van der Waals surface area contributed by atoms with E-state index in [1.807, 2.05) is 31.2 Å². The molecule has 4 N–H and O–H groups in total. The van der Waals surface area contributed by atoms with Crippen LogP contribution < -0.4 is 11.1 Å². The minimum absolute atomic E-state index is 0.423. The molecule has 0 aromatic heterocycles. The Hall–Kier alpha value is -1.72. The van der Waals surface area contributed by atoms with Gasteiger partial charge in [0.25, 0.3) is 0 Å². The number of hydrogen-bond acceptors (Lipinski definition) is 4. The summed E-state index contributed by atoms with van der Waals surface area (Å²) in [6.45, 7) is 3.17. The zero-order valence-corrected chi connectivity index (χ0v) is 10.5. The molecule has 5 heteroatoms. The third-order valence-corrected chi connectivity index (χ3v) is 2.75. The Bertz CT molecular complexity index is 428. The fourth-order valence-corrected chi connectivity index (χ4v) is 1.41. The van der Waals surface area contributed by atoms with Crippen molar-refractivity contribution >= 4 is 11.8 Å². The van der Waals surface area contributed by atoms with Crippen molar-refractivity contribution in [2.45, 2.75) is 25.8 Å². The highest BCUT2D eigenvalue weighted by Crippen LogP contribution is 2.15. The van der Waals surface area contributed by atoms with Crippen LogP contribution in [0.4, 0.5) is 0 Å². The predicted molar refractivity (Wildman–Crippen MR) is 67.8 cm³/mol. The van der Waals surface area contributed by atoms with Crippen LogP contribution in [0.5, 0.6) is 0 Å². The van der Waals surface area contributed by atoms with E-state index in [-0.39, 0.29) is 0 Å². The van der Waals surface area contributed by atoms with Crippen LogP contribution in [0.1, 0.15) is 24.0 Å². The summed E-state index contributed by atoms with van der Waals surface area (Å²) in [4.78, 5) is 23.1. The van der Waals surface area contributed by atoms with Crippen LogP contribution in [0.25, 0.3) is 0 Å². The Morgan fingerprint density at radius 2 is 1.83 bits per heavy atom. The lowest BCUT2D eigenvalue weighted by molar-refractivity contribution is -0.132. The summed E-state index contributed by atoms with van der Waals surface area (Å²) < 4.78 is 0. The van der Waals surface area contributed by atoms with Gasteiger partial charge in [-0.1, -0.05) is 29.8 Å². The minimum atomic E-state index is -1.07. The van der Waals surface area contributed by atoms with Gasteiger partial charge >= 0.3 is 0 Å². The molecule has 0 saturated heterocycles. The molecular weight excluding hydrogens is 232 g/mol. The molecule has 0 bridgehead atoms. The summed E-state index contributed by atoms with van der Waals surface area (Å²) in [6.07, 6.45) is 0. The average Bonchev–Trinajstić information content (AvgIpc) is 2.37. The van der Waals surface area contributed by atoms with Crippen LogP contribution in [0.3, 0.4) is 0 Å². The summed E-state index contributed by atoms with van der Waals surface area (Å²) in [5.41, 5.74) is 7.23. The number of aliphatic hydroxyl groups excluding tert-OH is 1. The maximum atomic E-state index is 11.8. The zero-order valence-electron chi connectivity index (χ0n) is 10.5. The summed E-state index contributed by atoms with van der Waals surface area (Å²) >= 11 is 0. The van der Waals surface area contributed by atoms with Crippen LogP contribution in [0.15, 0.2) is 24.3 Å². The molecule has 1 unspecified atom stereocenters.